The molecule has 26 heavy (non-hydrogen) atoms. The molecule has 1 heterocycles. The van der Waals surface area contributed by atoms with Crippen LogP contribution >= 0.6 is 0 Å². The van der Waals surface area contributed by atoms with Gasteiger partial charge in [-0.05, 0) is 31.0 Å². The van der Waals surface area contributed by atoms with Gasteiger partial charge in [-0.15, -0.1) is 0 Å². The monoisotopic (exact) mass is 357 g/mol. The number of unbranched alkanes of at least 4 members (excludes halogenated alkanes) is 3. The van der Waals surface area contributed by atoms with Crippen LogP contribution in [0.3, 0.4) is 0 Å². The van der Waals surface area contributed by atoms with E-state index in [0.717, 1.165) is 36.0 Å². The van der Waals surface area contributed by atoms with E-state index in [1.165, 1.54) is 24.8 Å². The number of nitrogens with zero attached hydrogens (tertiary/aromatic N) is 2. The molecule has 0 amide bonds. The van der Waals surface area contributed by atoms with Gasteiger partial charge in [-0.2, -0.15) is 5.10 Å². The minimum atomic E-state index is 0.647. The van der Waals surface area contributed by atoms with E-state index in [-0.39, 0.29) is 0 Å². The third-order valence-electron chi connectivity index (χ3n) is 4.15. The molecule has 142 valence electrons. The molecule has 0 aliphatic heterocycles. The van der Waals surface area contributed by atoms with Crippen LogP contribution in [0.1, 0.15) is 49.4 Å². The van der Waals surface area contributed by atoms with Crippen LogP contribution in [0.4, 0.5) is 0 Å². The summed E-state index contributed by atoms with van der Waals surface area (Å²) in [5.41, 5.74) is 3.36. The Morgan fingerprint density at radius 2 is 2.00 bits per heavy atom. The molecule has 0 fully saturated rings. The fourth-order valence-corrected chi connectivity index (χ4v) is 2.61. The standard InChI is InChI=1S/C20H31N5O/c1-4-5-6-7-12-26-19-13-16(2)8-9-17(19)14-22-20(21-3)23-15-18-10-11-24-25-18/h8-11,13H,4-7,12,14-15H2,1-3H3,(H,24,25)(H2,21,22,23). The fourth-order valence-electron chi connectivity index (χ4n) is 2.61. The molecule has 0 radical (unpaired) electrons. The maximum Gasteiger partial charge on any atom is 0.191 e. The van der Waals surface area contributed by atoms with Gasteiger partial charge >= 0.3 is 0 Å². The molecular weight excluding hydrogens is 326 g/mol. The largest absolute Gasteiger partial charge is 0.493 e. The average molecular weight is 358 g/mol. The van der Waals surface area contributed by atoms with Gasteiger partial charge < -0.3 is 15.4 Å². The molecule has 3 N–H and O–H groups in total. The van der Waals surface area contributed by atoms with Crippen molar-refractivity contribution >= 4 is 5.96 Å². The Morgan fingerprint density at radius 1 is 1.15 bits per heavy atom. The lowest BCUT2D eigenvalue weighted by Gasteiger charge is -2.15. The van der Waals surface area contributed by atoms with Crippen molar-refractivity contribution in [2.24, 2.45) is 4.99 Å². The van der Waals surface area contributed by atoms with E-state index in [1.807, 2.05) is 6.07 Å². The Bertz CT molecular complexity index is 667. The zero-order chi connectivity index (χ0) is 18.6. The van der Waals surface area contributed by atoms with Crippen molar-refractivity contribution in [2.75, 3.05) is 13.7 Å². The SMILES string of the molecule is CCCCCCOc1cc(C)ccc1CNC(=NC)NCc1ccn[nH]1. The lowest BCUT2D eigenvalue weighted by atomic mass is 10.1. The van der Waals surface area contributed by atoms with E-state index in [4.69, 9.17) is 4.74 Å². The highest BCUT2D eigenvalue weighted by molar-refractivity contribution is 5.79. The van der Waals surface area contributed by atoms with Crippen molar-refractivity contribution in [3.63, 3.8) is 0 Å². The molecule has 0 saturated heterocycles. The summed E-state index contributed by atoms with van der Waals surface area (Å²) in [5.74, 6) is 1.70. The average Bonchev–Trinajstić information content (AvgIpc) is 3.16. The van der Waals surface area contributed by atoms with Gasteiger partial charge in [0.25, 0.3) is 0 Å². The molecule has 0 spiro atoms. The first kappa shape index (κ1) is 19.8. The highest BCUT2D eigenvalue weighted by Gasteiger charge is 2.06. The van der Waals surface area contributed by atoms with Crippen LogP contribution in [0.5, 0.6) is 5.75 Å². The number of hydrogen-bond donors (Lipinski definition) is 3. The maximum atomic E-state index is 6.04. The van der Waals surface area contributed by atoms with Gasteiger partial charge in [0.1, 0.15) is 5.75 Å². The molecular formula is C20H31N5O. The molecule has 0 aliphatic rings. The van der Waals surface area contributed by atoms with Crippen molar-refractivity contribution in [1.82, 2.24) is 20.8 Å². The van der Waals surface area contributed by atoms with Crippen LogP contribution in [0.25, 0.3) is 0 Å². The summed E-state index contributed by atoms with van der Waals surface area (Å²) in [7, 11) is 1.77. The summed E-state index contributed by atoms with van der Waals surface area (Å²) in [6.07, 6.45) is 6.57. The number of nitrogens with one attached hydrogen (secondary N) is 3. The van der Waals surface area contributed by atoms with E-state index >= 15 is 0 Å². The molecule has 0 atom stereocenters. The van der Waals surface area contributed by atoms with Crippen LogP contribution in [0, 0.1) is 6.92 Å². The summed E-state index contributed by atoms with van der Waals surface area (Å²) >= 11 is 0. The lowest BCUT2D eigenvalue weighted by Crippen LogP contribution is -2.36. The summed E-state index contributed by atoms with van der Waals surface area (Å²) in [6.45, 7) is 6.38. The van der Waals surface area contributed by atoms with E-state index in [0.29, 0.717) is 13.1 Å². The molecule has 1 aromatic heterocycles. The Balaban J connectivity index is 1.86. The first-order chi connectivity index (χ1) is 12.7. The number of aliphatic imine (C=N–C) groups is 1. The van der Waals surface area contributed by atoms with Crippen LogP contribution in [-0.2, 0) is 13.1 Å². The highest BCUT2D eigenvalue weighted by Crippen LogP contribution is 2.20. The minimum Gasteiger partial charge on any atom is -0.493 e. The summed E-state index contributed by atoms with van der Waals surface area (Å²) in [6, 6.07) is 8.27. The van der Waals surface area contributed by atoms with E-state index in [1.54, 1.807) is 13.2 Å². The van der Waals surface area contributed by atoms with Crippen LogP contribution in [-0.4, -0.2) is 29.8 Å². The number of benzene rings is 1. The van der Waals surface area contributed by atoms with Crippen molar-refractivity contribution in [3.05, 3.63) is 47.3 Å². The summed E-state index contributed by atoms with van der Waals surface area (Å²) in [5, 5.41) is 13.5. The van der Waals surface area contributed by atoms with E-state index < -0.39 is 0 Å². The Labute approximate surface area is 156 Å². The number of aromatic amines is 1. The zero-order valence-electron chi connectivity index (χ0n) is 16.1. The van der Waals surface area contributed by atoms with Gasteiger partial charge in [-0.25, -0.2) is 0 Å². The van der Waals surface area contributed by atoms with Gasteiger partial charge in [0.15, 0.2) is 5.96 Å². The Kier molecular flexibility index (Phi) is 8.52. The quantitative estimate of drug-likeness (QED) is 0.345. The molecule has 1 aromatic carbocycles. The molecule has 6 nitrogen and oxygen atoms in total. The Hall–Kier alpha value is -2.50. The van der Waals surface area contributed by atoms with Gasteiger partial charge in [-0.3, -0.25) is 10.1 Å². The van der Waals surface area contributed by atoms with Crippen LogP contribution in [0.15, 0.2) is 35.5 Å². The van der Waals surface area contributed by atoms with Gasteiger partial charge in [0.05, 0.1) is 18.8 Å². The van der Waals surface area contributed by atoms with Gasteiger partial charge in [0.2, 0.25) is 0 Å². The zero-order valence-corrected chi connectivity index (χ0v) is 16.1. The molecule has 0 aliphatic carbocycles. The number of aromatic nitrogens is 2. The second-order valence-corrected chi connectivity index (χ2v) is 6.38. The number of hydrogen-bond acceptors (Lipinski definition) is 3. The lowest BCUT2D eigenvalue weighted by molar-refractivity contribution is 0.301. The third-order valence-corrected chi connectivity index (χ3v) is 4.15. The first-order valence-electron chi connectivity index (χ1n) is 9.38. The highest BCUT2D eigenvalue weighted by atomic mass is 16.5. The topological polar surface area (TPSA) is 74.3 Å². The van der Waals surface area contributed by atoms with E-state index in [9.17, 15) is 0 Å². The number of rotatable bonds is 10. The number of ether oxygens (including phenoxy) is 1. The first-order valence-corrected chi connectivity index (χ1v) is 9.38. The third kappa shape index (κ3) is 6.78. The molecule has 0 bridgehead atoms. The van der Waals surface area contributed by atoms with Crippen LogP contribution < -0.4 is 15.4 Å². The number of H-pyrrole nitrogens is 1. The summed E-state index contributed by atoms with van der Waals surface area (Å²) in [4.78, 5) is 4.26. The van der Waals surface area contributed by atoms with Gasteiger partial charge in [-0.1, -0.05) is 38.3 Å². The maximum absolute atomic E-state index is 6.04. The van der Waals surface area contributed by atoms with Crippen LogP contribution in [0.2, 0.25) is 0 Å². The van der Waals surface area contributed by atoms with Gasteiger partial charge in [0, 0.05) is 25.4 Å². The van der Waals surface area contributed by atoms with Crippen molar-refractivity contribution in [3.8, 4) is 5.75 Å². The molecule has 2 rings (SSSR count). The second-order valence-electron chi connectivity index (χ2n) is 6.38. The molecule has 2 aromatic rings. The fraction of sp³-hybridized carbons (Fsp3) is 0.500. The Morgan fingerprint density at radius 3 is 2.73 bits per heavy atom. The molecule has 0 unspecified atom stereocenters. The normalized spacial score (nSPS) is 11.4. The number of guanidine groups is 1. The predicted octanol–water partition coefficient (Wildman–Crippen LogP) is 3.54. The van der Waals surface area contributed by atoms with E-state index in [2.05, 4.69) is 57.9 Å². The predicted molar refractivity (Wildman–Crippen MR) is 106 cm³/mol. The second kappa shape index (κ2) is 11.2. The minimum absolute atomic E-state index is 0.647. The molecule has 0 saturated carbocycles. The van der Waals surface area contributed by atoms with Crippen molar-refractivity contribution in [2.45, 2.75) is 52.6 Å². The van der Waals surface area contributed by atoms with Crippen molar-refractivity contribution in [1.29, 1.82) is 0 Å². The van der Waals surface area contributed by atoms with Crippen molar-refractivity contribution < 1.29 is 4.74 Å². The smallest absolute Gasteiger partial charge is 0.191 e. The summed E-state index contributed by atoms with van der Waals surface area (Å²) < 4.78 is 6.04. The molecule has 6 heteroatoms. The number of aryl methyl sites for hydroxylation is 1.